The zero-order valence-electron chi connectivity index (χ0n) is 25.6. The van der Waals surface area contributed by atoms with Crippen LogP contribution in [-0.4, -0.2) is 17.0 Å². The quantitative estimate of drug-likeness (QED) is 0.166. The third kappa shape index (κ3) is 4.33. The highest BCUT2D eigenvalue weighted by atomic mass is 32.1. The summed E-state index contributed by atoms with van der Waals surface area (Å²) in [7, 11) is 0. The van der Waals surface area contributed by atoms with Gasteiger partial charge in [-0.15, -0.1) is 11.3 Å². The van der Waals surface area contributed by atoms with Gasteiger partial charge in [-0.1, -0.05) is 133 Å². The SMILES string of the molecule is C=N/C=C(\C(=NCc1ccccc1)c1ccccc1)n1c2ccc3ccccc3c2c2c3ccccc3c3sc4ccccc4c3c21. The van der Waals surface area contributed by atoms with Crippen molar-refractivity contribution in [1.82, 2.24) is 4.57 Å². The van der Waals surface area contributed by atoms with E-state index in [2.05, 4.69) is 150 Å². The molecule has 0 spiro atoms. The summed E-state index contributed by atoms with van der Waals surface area (Å²) >= 11 is 1.87. The number of nitrogens with zero attached hydrogens (tertiary/aromatic N) is 3. The summed E-state index contributed by atoms with van der Waals surface area (Å²) < 4.78 is 4.97. The van der Waals surface area contributed by atoms with Crippen molar-refractivity contribution in [2.75, 3.05) is 0 Å². The van der Waals surface area contributed by atoms with Crippen LogP contribution in [0.15, 0.2) is 162 Å². The predicted molar refractivity (Wildman–Crippen MR) is 204 cm³/mol. The molecule has 47 heavy (non-hydrogen) atoms. The Bertz CT molecular complexity index is 2710. The highest BCUT2D eigenvalue weighted by Gasteiger charge is 2.25. The van der Waals surface area contributed by atoms with Crippen molar-refractivity contribution in [2.24, 2.45) is 9.98 Å². The average molecular weight is 620 g/mol. The lowest BCUT2D eigenvalue weighted by Gasteiger charge is -2.17. The molecule has 9 aromatic rings. The number of aliphatic imine (C=N–C) groups is 2. The first-order valence-corrected chi connectivity index (χ1v) is 16.6. The highest BCUT2D eigenvalue weighted by Crippen LogP contribution is 2.49. The van der Waals surface area contributed by atoms with Gasteiger partial charge in [-0.05, 0) is 40.6 Å². The largest absolute Gasteiger partial charge is 0.305 e. The molecule has 0 atom stereocenters. The number of benzene rings is 7. The minimum atomic E-state index is 0.541. The molecular weight excluding hydrogens is 591 g/mol. The average Bonchev–Trinajstić information content (AvgIpc) is 3.69. The molecule has 0 radical (unpaired) electrons. The van der Waals surface area contributed by atoms with E-state index in [1.54, 1.807) is 0 Å². The van der Waals surface area contributed by atoms with Gasteiger partial charge in [0.2, 0.25) is 0 Å². The Kier molecular flexibility index (Phi) is 6.54. The minimum Gasteiger partial charge on any atom is -0.305 e. The zero-order chi connectivity index (χ0) is 31.3. The second-order valence-electron chi connectivity index (χ2n) is 11.8. The molecule has 0 unspecified atom stereocenters. The summed E-state index contributed by atoms with van der Waals surface area (Å²) in [5, 5.41) is 9.95. The maximum Gasteiger partial charge on any atom is 0.0907 e. The fourth-order valence-corrected chi connectivity index (χ4v) is 8.40. The maximum atomic E-state index is 5.35. The van der Waals surface area contributed by atoms with Gasteiger partial charge >= 0.3 is 0 Å². The summed E-state index contributed by atoms with van der Waals surface area (Å²) in [6.45, 7) is 4.52. The number of hydrogen-bond acceptors (Lipinski definition) is 3. The Morgan fingerprint density at radius 1 is 0.617 bits per heavy atom. The number of fused-ring (bicyclic) bond motifs is 12. The predicted octanol–water partition coefficient (Wildman–Crippen LogP) is 11.7. The molecule has 0 saturated heterocycles. The Balaban J connectivity index is 1.51. The molecule has 0 fully saturated rings. The number of hydrogen-bond donors (Lipinski definition) is 0. The van der Waals surface area contributed by atoms with Gasteiger partial charge in [0.05, 0.1) is 35.2 Å². The standard InChI is InChI=1S/C43H29N3S/c1-44-27-36(41(30-17-6-3-7-18-30)45-26-28-14-4-2-5-15-28)46-35-25-24-29-16-8-9-19-31(29)38(35)39-32-20-10-11-21-33(32)43-40(42(39)46)34-22-12-13-23-37(34)47-43/h2-25,27H,1,26H2/b36-27+,45-41?. The van der Waals surface area contributed by atoms with E-state index in [0.29, 0.717) is 6.54 Å². The summed E-state index contributed by atoms with van der Waals surface area (Å²) in [6, 6.07) is 51.8. The molecule has 0 N–H and O–H groups in total. The van der Waals surface area contributed by atoms with Crippen molar-refractivity contribution in [3.05, 3.63) is 163 Å². The third-order valence-electron chi connectivity index (χ3n) is 9.14. The van der Waals surface area contributed by atoms with E-state index in [4.69, 9.17) is 4.99 Å². The Morgan fingerprint density at radius 2 is 1.28 bits per heavy atom. The van der Waals surface area contributed by atoms with Crippen LogP contribution in [0.2, 0.25) is 0 Å². The zero-order valence-corrected chi connectivity index (χ0v) is 26.4. The lowest BCUT2D eigenvalue weighted by molar-refractivity contribution is 1.06. The minimum absolute atomic E-state index is 0.541. The first-order chi connectivity index (χ1) is 23.3. The van der Waals surface area contributed by atoms with E-state index in [9.17, 15) is 0 Å². The first kappa shape index (κ1) is 27.5. The number of rotatable bonds is 6. The molecule has 2 heterocycles. The Hall–Kier alpha value is -5.84. The fraction of sp³-hybridized carbons (Fsp3) is 0.0233. The van der Waals surface area contributed by atoms with Crippen LogP contribution in [0.25, 0.3) is 69.2 Å². The fourth-order valence-electron chi connectivity index (χ4n) is 7.16. The van der Waals surface area contributed by atoms with E-state index < -0.39 is 0 Å². The van der Waals surface area contributed by atoms with E-state index in [1.165, 1.54) is 58.0 Å². The smallest absolute Gasteiger partial charge is 0.0907 e. The van der Waals surface area contributed by atoms with Crippen LogP contribution in [0.3, 0.4) is 0 Å². The Labute approximate surface area is 276 Å². The van der Waals surface area contributed by atoms with Crippen LogP contribution in [-0.2, 0) is 6.54 Å². The van der Waals surface area contributed by atoms with E-state index in [1.807, 2.05) is 29.7 Å². The van der Waals surface area contributed by atoms with Crippen molar-refractivity contribution in [3.63, 3.8) is 0 Å². The summed E-state index contributed by atoms with van der Waals surface area (Å²) in [5.41, 5.74) is 6.23. The number of thiophene rings is 1. The number of aromatic nitrogens is 1. The van der Waals surface area contributed by atoms with E-state index >= 15 is 0 Å². The molecule has 7 aromatic carbocycles. The van der Waals surface area contributed by atoms with Crippen molar-refractivity contribution in [3.8, 4) is 0 Å². The lowest BCUT2D eigenvalue weighted by Crippen LogP contribution is -2.11. The molecule has 2 aromatic heterocycles. The maximum absolute atomic E-state index is 5.35. The van der Waals surface area contributed by atoms with Gasteiger partial charge in [0.15, 0.2) is 0 Å². The lowest BCUT2D eigenvalue weighted by atomic mass is 9.97. The molecule has 0 aliphatic rings. The second-order valence-corrected chi connectivity index (χ2v) is 12.9. The number of allylic oxidation sites excluding steroid dienone is 1. The van der Waals surface area contributed by atoms with Crippen molar-refractivity contribution >= 4 is 93.0 Å². The first-order valence-electron chi connectivity index (χ1n) is 15.8. The monoisotopic (exact) mass is 619 g/mol. The van der Waals surface area contributed by atoms with Gasteiger partial charge in [0.25, 0.3) is 0 Å². The van der Waals surface area contributed by atoms with Crippen LogP contribution >= 0.6 is 11.3 Å². The molecule has 3 nitrogen and oxygen atoms in total. The van der Waals surface area contributed by atoms with Gasteiger partial charge in [0.1, 0.15) is 0 Å². The van der Waals surface area contributed by atoms with Gasteiger partial charge in [-0.3, -0.25) is 9.98 Å². The van der Waals surface area contributed by atoms with Crippen LogP contribution in [0.4, 0.5) is 0 Å². The van der Waals surface area contributed by atoms with Crippen molar-refractivity contribution in [1.29, 1.82) is 0 Å². The van der Waals surface area contributed by atoms with Crippen molar-refractivity contribution < 1.29 is 0 Å². The molecular formula is C43H29N3S. The van der Waals surface area contributed by atoms with Gasteiger partial charge in [0, 0.05) is 41.9 Å². The van der Waals surface area contributed by atoms with Crippen molar-refractivity contribution in [2.45, 2.75) is 6.54 Å². The molecule has 0 aliphatic heterocycles. The van der Waals surface area contributed by atoms with Gasteiger partial charge in [-0.2, -0.15) is 0 Å². The van der Waals surface area contributed by atoms with Crippen LogP contribution in [0.5, 0.6) is 0 Å². The van der Waals surface area contributed by atoms with Gasteiger partial charge < -0.3 is 4.57 Å². The molecule has 222 valence electrons. The molecule has 9 rings (SSSR count). The third-order valence-corrected chi connectivity index (χ3v) is 10.3. The molecule has 0 bridgehead atoms. The molecule has 0 saturated carbocycles. The van der Waals surface area contributed by atoms with E-state index in [-0.39, 0.29) is 0 Å². The normalized spacial score (nSPS) is 12.7. The summed E-state index contributed by atoms with van der Waals surface area (Å²) in [4.78, 5) is 9.80. The second kappa shape index (κ2) is 11.2. The van der Waals surface area contributed by atoms with Gasteiger partial charge in [-0.25, -0.2) is 0 Å². The highest BCUT2D eigenvalue weighted by molar-refractivity contribution is 7.27. The summed E-state index contributed by atoms with van der Waals surface area (Å²) in [5.74, 6) is 0. The molecule has 0 amide bonds. The topological polar surface area (TPSA) is 29.6 Å². The van der Waals surface area contributed by atoms with E-state index in [0.717, 1.165) is 28.1 Å². The van der Waals surface area contributed by atoms with Crippen LogP contribution in [0, 0.1) is 0 Å². The Morgan fingerprint density at radius 3 is 2.06 bits per heavy atom. The van der Waals surface area contributed by atoms with Crippen LogP contribution < -0.4 is 0 Å². The molecule has 0 aliphatic carbocycles. The summed E-state index contributed by atoms with van der Waals surface area (Å²) in [6.07, 6.45) is 1.89. The van der Waals surface area contributed by atoms with Crippen LogP contribution in [0.1, 0.15) is 11.1 Å². The molecule has 4 heteroatoms.